The topological polar surface area (TPSA) is 98.5 Å². The van der Waals surface area contributed by atoms with Gasteiger partial charge in [0.25, 0.3) is 0 Å². The third-order valence-electron chi connectivity index (χ3n) is 5.05. The van der Waals surface area contributed by atoms with Crippen LogP contribution in [-0.2, 0) is 16.1 Å². The second kappa shape index (κ2) is 9.66. The van der Waals surface area contributed by atoms with Crippen LogP contribution in [0.1, 0.15) is 32.6 Å². The summed E-state index contributed by atoms with van der Waals surface area (Å²) in [6, 6.07) is 7.58. The van der Waals surface area contributed by atoms with Crippen LogP contribution in [0.3, 0.4) is 0 Å². The average molecular weight is 388 g/mol. The van der Waals surface area contributed by atoms with Crippen LogP contribution in [0.5, 0.6) is 5.75 Å². The second-order valence-electron chi connectivity index (χ2n) is 6.97. The molecule has 0 saturated carbocycles. The van der Waals surface area contributed by atoms with E-state index in [1.165, 1.54) is 0 Å². The molecule has 1 fully saturated rings. The molecule has 2 N–H and O–H groups in total. The Bertz CT molecular complexity index is 779. The van der Waals surface area contributed by atoms with Gasteiger partial charge in [-0.15, -0.1) is 5.10 Å². The van der Waals surface area contributed by atoms with Gasteiger partial charge in [-0.3, -0.25) is 9.48 Å². The maximum absolute atomic E-state index is 11.6. The van der Waals surface area contributed by atoms with Crippen LogP contribution in [-0.4, -0.2) is 58.0 Å². The van der Waals surface area contributed by atoms with E-state index in [1.807, 2.05) is 37.4 Å². The molecule has 0 radical (unpaired) electrons. The van der Waals surface area contributed by atoms with Crippen LogP contribution in [0.25, 0.3) is 11.3 Å². The van der Waals surface area contributed by atoms with Gasteiger partial charge >= 0.3 is 0 Å². The van der Waals surface area contributed by atoms with E-state index in [1.54, 1.807) is 11.8 Å². The first kappa shape index (κ1) is 20.3. The van der Waals surface area contributed by atoms with Crippen molar-refractivity contribution in [3.8, 4) is 17.0 Å². The van der Waals surface area contributed by atoms with Gasteiger partial charge < -0.3 is 19.9 Å². The number of hydrogen-bond donors (Lipinski definition) is 2. The van der Waals surface area contributed by atoms with Crippen LogP contribution in [0.15, 0.2) is 30.5 Å². The Morgan fingerprint density at radius 3 is 3.04 bits per heavy atom. The number of ether oxygens (including phenoxy) is 2. The average Bonchev–Trinajstić information content (AvgIpc) is 3.22. The summed E-state index contributed by atoms with van der Waals surface area (Å²) in [6.07, 6.45) is 4.40. The lowest BCUT2D eigenvalue weighted by molar-refractivity contribution is -0.128. The van der Waals surface area contributed by atoms with Gasteiger partial charge in [-0.2, -0.15) is 0 Å². The van der Waals surface area contributed by atoms with E-state index in [9.17, 15) is 9.90 Å². The van der Waals surface area contributed by atoms with E-state index in [2.05, 4.69) is 15.6 Å². The summed E-state index contributed by atoms with van der Waals surface area (Å²) in [5.74, 6) is 0.764. The molecular weight excluding hydrogens is 360 g/mol. The van der Waals surface area contributed by atoms with Crippen molar-refractivity contribution in [1.29, 1.82) is 0 Å². The van der Waals surface area contributed by atoms with E-state index in [0.29, 0.717) is 13.0 Å². The summed E-state index contributed by atoms with van der Waals surface area (Å²) < 4.78 is 13.0. The van der Waals surface area contributed by atoms with Gasteiger partial charge in [0.1, 0.15) is 17.5 Å². The maximum Gasteiger partial charge on any atom is 0.220 e. The van der Waals surface area contributed by atoms with Crippen molar-refractivity contribution in [2.24, 2.45) is 0 Å². The van der Waals surface area contributed by atoms with Gasteiger partial charge in [-0.05, 0) is 31.4 Å². The summed E-state index contributed by atoms with van der Waals surface area (Å²) in [7, 11) is 1.64. The predicted octanol–water partition coefficient (Wildman–Crippen LogP) is 1.78. The highest BCUT2D eigenvalue weighted by Crippen LogP contribution is 2.24. The first-order valence-electron chi connectivity index (χ1n) is 9.73. The first-order valence-corrected chi connectivity index (χ1v) is 9.73. The zero-order valence-corrected chi connectivity index (χ0v) is 16.4. The van der Waals surface area contributed by atoms with Gasteiger partial charge in [-0.1, -0.05) is 24.3 Å². The predicted molar refractivity (Wildman–Crippen MR) is 104 cm³/mol. The van der Waals surface area contributed by atoms with Crippen molar-refractivity contribution in [2.75, 3.05) is 13.7 Å². The molecule has 0 bridgehead atoms. The Morgan fingerprint density at radius 1 is 1.43 bits per heavy atom. The molecule has 152 valence electrons. The number of benzene rings is 1. The lowest BCUT2D eigenvalue weighted by atomic mass is 9.97. The highest BCUT2D eigenvalue weighted by Gasteiger charge is 2.31. The molecule has 1 amide bonds. The third kappa shape index (κ3) is 5.08. The Morgan fingerprint density at radius 2 is 2.29 bits per heavy atom. The Kier molecular flexibility index (Phi) is 7.00. The SMILES string of the molecule is CCC(=O)N[C@H]1CC[C@H](CCn2cc(-c3cccc(OC)c3)nn2)O[C@H]1CO. The summed E-state index contributed by atoms with van der Waals surface area (Å²) in [5.41, 5.74) is 1.74. The Labute approximate surface area is 164 Å². The van der Waals surface area contributed by atoms with Gasteiger partial charge in [0.2, 0.25) is 5.91 Å². The molecule has 1 aliphatic rings. The number of aliphatic hydroxyl groups excluding tert-OH is 1. The molecule has 8 nitrogen and oxygen atoms in total. The van der Waals surface area contributed by atoms with Crippen molar-refractivity contribution in [3.05, 3.63) is 30.5 Å². The van der Waals surface area contributed by atoms with Crippen molar-refractivity contribution in [2.45, 2.75) is 57.4 Å². The summed E-state index contributed by atoms with van der Waals surface area (Å²) in [5, 5.41) is 21.0. The lowest BCUT2D eigenvalue weighted by Crippen LogP contribution is -2.50. The standard InChI is InChI=1S/C20H28N4O4/c1-3-20(26)21-17-8-7-15(28-19(17)13-25)9-10-24-12-18(22-23-24)14-5-4-6-16(11-14)27-2/h4-6,11-12,15,17,19,25H,3,7-10,13H2,1-2H3,(H,21,26)/t15-,17+,19+/m1/s1. The van der Waals surface area contributed by atoms with Crippen molar-refractivity contribution < 1.29 is 19.4 Å². The molecule has 1 saturated heterocycles. The molecule has 2 aromatic rings. The minimum atomic E-state index is -0.364. The number of nitrogens with zero attached hydrogens (tertiary/aromatic N) is 3. The van der Waals surface area contributed by atoms with Crippen LogP contribution < -0.4 is 10.1 Å². The molecular formula is C20H28N4O4. The number of amides is 1. The van der Waals surface area contributed by atoms with Crippen molar-refractivity contribution >= 4 is 5.91 Å². The fourth-order valence-corrected chi connectivity index (χ4v) is 3.42. The molecule has 1 aromatic carbocycles. The molecule has 3 atom stereocenters. The van der Waals surface area contributed by atoms with Crippen LogP contribution in [0, 0.1) is 0 Å². The number of rotatable bonds is 8. The van der Waals surface area contributed by atoms with E-state index >= 15 is 0 Å². The minimum absolute atomic E-state index is 0.0156. The zero-order valence-electron chi connectivity index (χ0n) is 16.4. The fourth-order valence-electron chi connectivity index (χ4n) is 3.42. The van der Waals surface area contributed by atoms with E-state index in [4.69, 9.17) is 9.47 Å². The monoisotopic (exact) mass is 388 g/mol. The summed E-state index contributed by atoms with van der Waals surface area (Å²) in [6.45, 7) is 2.38. The van der Waals surface area contributed by atoms with Crippen molar-refractivity contribution in [1.82, 2.24) is 20.3 Å². The van der Waals surface area contributed by atoms with Gasteiger partial charge in [0.15, 0.2) is 0 Å². The maximum atomic E-state index is 11.6. The number of carbonyl (C=O) groups is 1. The third-order valence-corrected chi connectivity index (χ3v) is 5.05. The molecule has 0 unspecified atom stereocenters. The number of nitrogens with one attached hydrogen (secondary N) is 1. The van der Waals surface area contributed by atoms with Crippen LogP contribution in [0.4, 0.5) is 0 Å². The number of aliphatic hydroxyl groups is 1. The first-order chi connectivity index (χ1) is 13.6. The van der Waals surface area contributed by atoms with Crippen LogP contribution in [0.2, 0.25) is 0 Å². The summed E-state index contributed by atoms with van der Waals surface area (Å²) in [4.78, 5) is 11.6. The quantitative estimate of drug-likeness (QED) is 0.715. The fraction of sp³-hybridized carbons (Fsp3) is 0.550. The Hall–Kier alpha value is -2.45. The van der Waals surface area contributed by atoms with E-state index in [0.717, 1.165) is 36.3 Å². The second-order valence-corrected chi connectivity index (χ2v) is 6.97. The van der Waals surface area contributed by atoms with E-state index in [-0.39, 0.29) is 30.8 Å². The zero-order chi connectivity index (χ0) is 19.9. The minimum Gasteiger partial charge on any atom is -0.497 e. The number of methoxy groups -OCH3 is 1. The van der Waals surface area contributed by atoms with Gasteiger partial charge in [0.05, 0.1) is 32.1 Å². The molecule has 3 rings (SSSR count). The molecule has 1 aromatic heterocycles. The smallest absolute Gasteiger partial charge is 0.220 e. The molecule has 2 heterocycles. The lowest BCUT2D eigenvalue weighted by Gasteiger charge is -2.36. The van der Waals surface area contributed by atoms with E-state index < -0.39 is 0 Å². The molecule has 0 aliphatic carbocycles. The molecule has 28 heavy (non-hydrogen) atoms. The number of aryl methyl sites for hydroxylation is 1. The largest absolute Gasteiger partial charge is 0.497 e. The molecule has 8 heteroatoms. The number of hydrogen-bond acceptors (Lipinski definition) is 6. The van der Waals surface area contributed by atoms with Gasteiger partial charge in [-0.25, -0.2) is 0 Å². The normalized spacial score (nSPS) is 22.0. The highest BCUT2D eigenvalue weighted by atomic mass is 16.5. The van der Waals surface area contributed by atoms with Gasteiger partial charge in [0, 0.05) is 18.5 Å². The molecule has 1 aliphatic heterocycles. The number of aromatic nitrogens is 3. The number of carbonyl (C=O) groups excluding carboxylic acids is 1. The Balaban J connectivity index is 1.53. The van der Waals surface area contributed by atoms with Crippen LogP contribution >= 0.6 is 0 Å². The highest BCUT2D eigenvalue weighted by molar-refractivity contribution is 5.75. The summed E-state index contributed by atoms with van der Waals surface area (Å²) >= 11 is 0. The van der Waals surface area contributed by atoms with Crippen molar-refractivity contribution in [3.63, 3.8) is 0 Å². The molecule has 0 spiro atoms.